The molecule has 0 bridgehead atoms. The lowest BCUT2D eigenvalue weighted by Crippen LogP contribution is -1.97. The molecule has 2 heterocycles. The maximum atomic E-state index is 5.77. The number of oxazole rings is 1. The minimum absolute atomic E-state index is 0.421. The lowest BCUT2D eigenvalue weighted by Gasteiger charge is -2.04. The summed E-state index contributed by atoms with van der Waals surface area (Å²) in [5.74, 6) is 2.33. The van der Waals surface area contributed by atoms with Gasteiger partial charge < -0.3 is 9.15 Å². The van der Waals surface area contributed by atoms with Gasteiger partial charge in [0, 0.05) is 0 Å². The highest BCUT2D eigenvalue weighted by Gasteiger charge is 2.12. The molecule has 0 amide bonds. The topological polar surface area (TPSA) is 35.3 Å². The van der Waals surface area contributed by atoms with E-state index in [1.165, 1.54) is 5.56 Å². The second kappa shape index (κ2) is 5.51. The van der Waals surface area contributed by atoms with Gasteiger partial charge in [-0.2, -0.15) is 0 Å². The van der Waals surface area contributed by atoms with Gasteiger partial charge in [0.2, 0.25) is 5.89 Å². The summed E-state index contributed by atoms with van der Waals surface area (Å²) < 4.78 is 11.5. The number of nitrogens with zero attached hydrogens (tertiary/aromatic N) is 1. The van der Waals surface area contributed by atoms with E-state index in [0.29, 0.717) is 12.5 Å². The third kappa shape index (κ3) is 2.75. The molecule has 20 heavy (non-hydrogen) atoms. The van der Waals surface area contributed by atoms with Gasteiger partial charge in [-0.1, -0.05) is 18.2 Å². The predicted octanol–water partition coefficient (Wildman–Crippen LogP) is 4.60. The Morgan fingerprint density at radius 3 is 2.85 bits per heavy atom. The Balaban J connectivity index is 1.75. The largest absolute Gasteiger partial charge is 0.487 e. The summed E-state index contributed by atoms with van der Waals surface area (Å²) in [4.78, 5) is 5.55. The van der Waals surface area contributed by atoms with Crippen molar-refractivity contribution in [2.45, 2.75) is 20.5 Å². The Bertz CT molecular complexity index is 701. The molecule has 0 unspecified atom stereocenters. The predicted molar refractivity (Wildman–Crippen MR) is 80.1 cm³/mol. The van der Waals surface area contributed by atoms with E-state index in [1.807, 2.05) is 55.6 Å². The Kier molecular flexibility index (Phi) is 3.56. The molecule has 0 saturated carbocycles. The SMILES string of the molecule is Cc1cccc(OCc2nc(-c3cccs3)oc2C)c1. The van der Waals surface area contributed by atoms with Crippen molar-refractivity contribution in [2.75, 3.05) is 0 Å². The normalized spacial score (nSPS) is 10.7. The Morgan fingerprint density at radius 1 is 1.20 bits per heavy atom. The fourth-order valence-electron chi connectivity index (χ4n) is 1.92. The molecule has 0 spiro atoms. The van der Waals surface area contributed by atoms with Crippen molar-refractivity contribution >= 4 is 11.3 Å². The molecule has 0 atom stereocenters. The van der Waals surface area contributed by atoms with Crippen LogP contribution in [0.4, 0.5) is 0 Å². The van der Waals surface area contributed by atoms with Crippen molar-refractivity contribution < 1.29 is 9.15 Å². The van der Waals surface area contributed by atoms with Crippen molar-refractivity contribution in [3.8, 4) is 16.5 Å². The van der Waals surface area contributed by atoms with Gasteiger partial charge in [0.1, 0.15) is 23.8 Å². The minimum atomic E-state index is 0.421. The quantitative estimate of drug-likeness (QED) is 0.702. The summed E-state index contributed by atoms with van der Waals surface area (Å²) in [6.07, 6.45) is 0. The molecule has 0 saturated heterocycles. The van der Waals surface area contributed by atoms with Crippen LogP contribution in [0.3, 0.4) is 0 Å². The van der Waals surface area contributed by atoms with E-state index >= 15 is 0 Å². The Morgan fingerprint density at radius 2 is 2.10 bits per heavy atom. The molecule has 0 aliphatic heterocycles. The number of rotatable bonds is 4. The molecule has 1 aromatic carbocycles. The molecular weight excluding hydrogens is 270 g/mol. The van der Waals surface area contributed by atoms with Crippen molar-refractivity contribution in [1.82, 2.24) is 4.98 Å². The molecule has 0 N–H and O–H groups in total. The van der Waals surface area contributed by atoms with E-state index in [4.69, 9.17) is 9.15 Å². The summed E-state index contributed by atoms with van der Waals surface area (Å²) in [6, 6.07) is 12.0. The van der Waals surface area contributed by atoms with Crippen LogP contribution in [0.2, 0.25) is 0 Å². The maximum absolute atomic E-state index is 5.77. The molecule has 3 aromatic rings. The van der Waals surface area contributed by atoms with Gasteiger partial charge >= 0.3 is 0 Å². The lowest BCUT2D eigenvalue weighted by atomic mass is 10.2. The number of aromatic nitrogens is 1. The van der Waals surface area contributed by atoms with Gasteiger partial charge in [-0.25, -0.2) is 4.98 Å². The number of benzene rings is 1. The summed E-state index contributed by atoms with van der Waals surface area (Å²) >= 11 is 1.62. The average Bonchev–Trinajstić information content (AvgIpc) is 3.06. The number of hydrogen-bond donors (Lipinski definition) is 0. The van der Waals surface area contributed by atoms with E-state index in [0.717, 1.165) is 22.1 Å². The van der Waals surface area contributed by atoms with Crippen LogP contribution in [0.25, 0.3) is 10.8 Å². The highest BCUT2D eigenvalue weighted by Crippen LogP contribution is 2.26. The molecule has 3 nitrogen and oxygen atoms in total. The van der Waals surface area contributed by atoms with Crippen LogP contribution in [0.15, 0.2) is 46.2 Å². The molecule has 2 aromatic heterocycles. The first kappa shape index (κ1) is 12.9. The van der Waals surface area contributed by atoms with E-state index < -0.39 is 0 Å². The van der Waals surface area contributed by atoms with Crippen LogP contribution in [-0.4, -0.2) is 4.98 Å². The second-order valence-electron chi connectivity index (χ2n) is 4.60. The Labute approximate surface area is 121 Å². The van der Waals surface area contributed by atoms with Crippen molar-refractivity contribution in [3.05, 3.63) is 58.8 Å². The van der Waals surface area contributed by atoms with Gasteiger partial charge in [-0.3, -0.25) is 0 Å². The minimum Gasteiger partial charge on any atom is -0.487 e. The number of thiophene rings is 1. The van der Waals surface area contributed by atoms with Crippen LogP contribution in [0.5, 0.6) is 5.75 Å². The smallest absolute Gasteiger partial charge is 0.236 e. The zero-order valence-corrected chi connectivity index (χ0v) is 12.2. The molecule has 102 valence electrons. The molecule has 0 aliphatic carbocycles. The third-order valence-electron chi connectivity index (χ3n) is 2.99. The fourth-order valence-corrected chi connectivity index (χ4v) is 2.57. The number of hydrogen-bond acceptors (Lipinski definition) is 4. The molecule has 0 radical (unpaired) electrons. The van der Waals surface area contributed by atoms with Crippen molar-refractivity contribution in [3.63, 3.8) is 0 Å². The number of ether oxygens (including phenoxy) is 1. The summed E-state index contributed by atoms with van der Waals surface area (Å²) in [6.45, 7) is 4.38. The zero-order chi connectivity index (χ0) is 13.9. The lowest BCUT2D eigenvalue weighted by molar-refractivity contribution is 0.299. The Hall–Kier alpha value is -2.07. The third-order valence-corrected chi connectivity index (χ3v) is 3.85. The summed E-state index contributed by atoms with van der Waals surface area (Å²) in [7, 11) is 0. The highest BCUT2D eigenvalue weighted by atomic mass is 32.1. The maximum Gasteiger partial charge on any atom is 0.236 e. The van der Waals surface area contributed by atoms with E-state index in [9.17, 15) is 0 Å². The molecule has 3 rings (SSSR count). The first-order chi connectivity index (χ1) is 9.72. The van der Waals surface area contributed by atoms with Crippen LogP contribution in [0.1, 0.15) is 17.0 Å². The van der Waals surface area contributed by atoms with Crippen LogP contribution >= 0.6 is 11.3 Å². The van der Waals surface area contributed by atoms with Crippen LogP contribution < -0.4 is 4.74 Å². The summed E-state index contributed by atoms with van der Waals surface area (Å²) in [5.41, 5.74) is 2.02. The molecular formula is C16H15NO2S. The average molecular weight is 285 g/mol. The monoisotopic (exact) mass is 285 g/mol. The van der Waals surface area contributed by atoms with Gasteiger partial charge in [-0.05, 0) is 43.0 Å². The van der Waals surface area contributed by atoms with Gasteiger partial charge in [-0.15, -0.1) is 11.3 Å². The summed E-state index contributed by atoms with van der Waals surface area (Å²) in [5, 5.41) is 2.01. The van der Waals surface area contributed by atoms with E-state index in [1.54, 1.807) is 11.3 Å². The highest BCUT2D eigenvalue weighted by molar-refractivity contribution is 7.13. The number of aryl methyl sites for hydroxylation is 2. The first-order valence-electron chi connectivity index (χ1n) is 6.42. The zero-order valence-electron chi connectivity index (χ0n) is 11.4. The van der Waals surface area contributed by atoms with E-state index in [-0.39, 0.29) is 0 Å². The fraction of sp³-hybridized carbons (Fsp3) is 0.188. The van der Waals surface area contributed by atoms with Crippen LogP contribution in [0, 0.1) is 13.8 Å². The van der Waals surface area contributed by atoms with Gasteiger partial charge in [0.15, 0.2) is 0 Å². The second-order valence-corrected chi connectivity index (χ2v) is 5.55. The van der Waals surface area contributed by atoms with E-state index in [2.05, 4.69) is 4.98 Å². The molecule has 4 heteroatoms. The van der Waals surface area contributed by atoms with Crippen molar-refractivity contribution in [1.29, 1.82) is 0 Å². The van der Waals surface area contributed by atoms with Crippen LogP contribution in [-0.2, 0) is 6.61 Å². The van der Waals surface area contributed by atoms with Gasteiger partial charge in [0.05, 0.1) is 4.88 Å². The standard InChI is InChI=1S/C16H15NO2S/c1-11-5-3-6-13(9-11)18-10-14-12(2)19-16(17-14)15-7-4-8-20-15/h3-9H,10H2,1-2H3. The van der Waals surface area contributed by atoms with Crippen molar-refractivity contribution in [2.24, 2.45) is 0 Å². The first-order valence-corrected chi connectivity index (χ1v) is 7.30. The van der Waals surface area contributed by atoms with Gasteiger partial charge in [0.25, 0.3) is 0 Å². The molecule has 0 fully saturated rings. The molecule has 0 aliphatic rings.